The van der Waals surface area contributed by atoms with Crippen molar-refractivity contribution in [3.05, 3.63) is 84.9 Å². The van der Waals surface area contributed by atoms with Crippen LogP contribution in [0.1, 0.15) is 5.56 Å². The Morgan fingerprint density at radius 2 is 1.57 bits per heavy atom. The van der Waals surface area contributed by atoms with Gasteiger partial charge in [0.2, 0.25) is 0 Å². The Labute approximate surface area is 128 Å². The van der Waals surface area contributed by atoms with Crippen molar-refractivity contribution in [3.63, 3.8) is 0 Å². The summed E-state index contributed by atoms with van der Waals surface area (Å²) >= 11 is 1.30. The summed E-state index contributed by atoms with van der Waals surface area (Å²) in [6.45, 7) is 3.97. The Bertz CT molecular complexity index is 750. The van der Waals surface area contributed by atoms with Crippen LogP contribution < -0.4 is 5.48 Å². The van der Waals surface area contributed by atoms with Gasteiger partial charge in [-0.1, -0.05) is 73.3 Å². The first kappa shape index (κ1) is 13.7. The molecule has 0 amide bonds. The predicted molar refractivity (Wildman–Crippen MR) is 89.5 cm³/mol. The van der Waals surface area contributed by atoms with Gasteiger partial charge in [0.15, 0.2) is 0 Å². The molecule has 0 radical (unpaired) electrons. The highest BCUT2D eigenvalue weighted by atomic mass is 32.2. The van der Waals surface area contributed by atoms with Crippen molar-refractivity contribution in [3.8, 4) is 0 Å². The summed E-state index contributed by atoms with van der Waals surface area (Å²) in [6.07, 6.45) is 0. The molecule has 0 fully saturated rings. The van der Waals surface area contributed by atoms with Crippen molar-refractivity contribution >= 4 is 28.5 Å². The molecule has 0 heterocycles. The second kappa shape index (κ2) is 6.48. The second-order valence-electron chi connectivity index (χ2n) is 4.59. The van der Waals surface area contributed by atoms with Gasteiger partial charge in [-0.15, -0.1) is 0 Å². The number of fused-ring (bicyclic) bond motifs is 1. The number of rotatable bonds is 5. The zero-order valence-corrected chi connectivity index (χ0v) is 12.3. The zero-order valence-electron chi connectivity index (χ0n) is 11.5. The van der Waals surface area contributed by atoms with Gasteiger partial charge in [-0.25, -0.2) is 0 Å². The first-order valence-corrected chi connectivity index (χ1v) is 7.40. The third kappa shape index (κ3) is 3.27. The second-order valence-corrected chi connectivity index (χ2v) is 5.36. The smallest absolute Gasteiger partial charge is 0.0617 e. The molecule has 0 saturated carbocycles. The molecule has 0 bridgehead atoms. The molecule has 0 aliphatic rings. The van der Waals surface area contributed by atoms with Crippen molar-refractivity contribution in [2.75, 3.05) is 0 Å². The van der Waals surface area contributed by atoms with Crippen LogP contribution in [-0.2, 0) is 4.28 Å². The highest BCUT2D eigenvalue weighted by Crippen LogP contribution is 2.28. The average Bonchev–Trinajstić information content (AvgIpc) is 2.56. The van der Waals surface area contributed by atoms with Crippen LogP contribution in [0.4, 0.5) is 0 Å². The fourth-order valence-electron chi connectivity index (χ4n) is 2.08. The lowest BCUT2D eigenvalue weighted by Crippen LogP contribution is -2.07. The lowest BCUT2D eigenvalue weighted by Gasteiger charge is -2.09. The van der Waals surface area contributed by atoms with Crippen molar-refractivity contribution in [2.45, 2.75) is 4.90 Å². The summed E-state index contributed by atoms with van der Waals surface area (Å²) in [5, 5.41) is 2.38. The summed E-state index contributed by atoms with van der Waals surface area (Å²) < 4.78 is 5.51. The van der Waals surface area contributed by atoms with Crippen LogP contribution in [0, 0.1) is 0 Å². The van der Waals surface area contributed by atoms with E-state index < -0.39 is 0 Å². The van der Waals surface area contributed by atoms with E-state index in [9.17, 15) is 0 Å². The highest BCUT2D eigenvalue weighted by molar-refractivity contribution is 7.94. The van der Waals surface area contributed by atoms with E-state index in [1.54, 1.807) is 0 Å². The Hall–Kier alpha value is -2.23. The summed E-state index contributed by atoms with van der Waals surface area (Å²) in [5.41, 5.74) is 4.63. The van der Waals surface area contributed by atoms with Crippen LogP contribution in [0.15, 0.2) is 84.3 Å². The minimum atomic E-state index is 0.739. The van der Waals surface area contributed by atoms with E-state index >= 15 is 0 Å². The Morgan fingerprint density at radius 3 is 2.43 bits per heavy atom. The predicted octanol–water partition coefficient (Wildman–Crippen LogP) is 5.04. The maximum absolute atomic E-state index is 5.51. The first-order valence-electron chi connectivity index (χ1n) is 6.66. The minimum Gasteiger partial charge on any atom is -0.254 e. The monoisotopic (exact) mass is 293 g/mol. The Balaban J connectivity index is 1.66. The Morgan fingerprint density at radius 1 is 0.857 bits per heavy atom. The first-order chi connectivity index (χ1) is 10.3. The van der Waals surface area contributed by atoms with Crippen LogP contribution in [0.2, 0.25) is 0 Å². The number of nitrogens with one attached hydrogen (secondary N) is 1. The number of benzene rings is 3. The van der Waals surface area contributed by atoms with Crippen molar-refractivity contribution in [2.24, 2.45) is 0 Å². The van der Waals surface area contributed by atoms with Crippen molar-refractivity contribution in [1.29, 1.82) is 0 Å². The molecule has 3 aromatic rings. The number of hydrogen-bond donors (Lipinski definition) is 1. The molecular weight excluding hydrogens is 278 g/mol. The van der Waals surface area contributed by atoms with E-state index in [1.807, 2.05) is 54.6 Å². The molecule has 0 atom stereocenters. The Kier molecular flexibility index (Phi) is 4.24. The maximum Gasteiger partial charge on any atom is 0.0617 e. The topological polar surface area (TPSA) is 21.3 Å². The van der Waals surface area contributed by atoms with Gasteiger partial charge >= 0.3 is 0 Å². The van der Waals surface area contributed by atoms with Gasteiger partial charge in [0.25, 0.3) is 0 Å². The fraction of sp³-hybridized carbons (Fsp3) is 0. The molecule has 0 aliphatic carbocycles. The molecule has 3 heteroatoms. The molecule has 0 spiro atoms. The van der Waals surface area contributed by atoms with Crippen LogP contribution in [0.3, 0.4) is 0 Å². The van der Waals surface area contributed by atoms with Gasteiger partial charge in [-0.2, -0.15) is 4.28 Å². The van der Waals surface area contributed by atoms with E-state index in [4.69, 9.17) is 4.28 Å². The van der Waals surface area contributed by atoms with Crippen LogP contribution >= 0.6 is 12.0 Å². The SMILES string of the molecule is C=C(NOSc1cccc2ccccc12)c1ccccc1. The van der Waals surface area contributed by atoms with Crippen LogP contribution in [0.25, 0.3) is 16.5 Å². The summed E-state index contributed by atoms with van der Waals surface area (Å²) in [4.78, 5) is 1.07. The number of hydroxylamine groups is 1. The summed E-state index contributed by atoms with van der Waals surface area (Å²) in [6, 6.07) is 24.3. The number of hydrogen-bond acceptors (Lipinski definition) is 3. The molecule has 0 saturated heterocycles. The standard InChI is InChI=1S/C18H15NOS/c1-14(15-8-3-2-4-9-15)19-20-21-18-13-7-11-16-10-5-6-12-17(16)18/h2-13,19H,1H2. The van der Waals surface area contributed by atoms with Crippen molar-refractivity contribution < 1.29 is 4.28 Å². The molecule has 0 aliphatic heterocycles. The van der Waals surface area contributed by atoms with E-state index in [0.717, 1.165) is 16.2 Å². The summed E-state index contributed by atoms with van der Waals surface area (Å²) in [5.74, 6) is 0. The fourth-order valence-corrected chi connectivity index (χ4v) is 2.72. The zero-order chi connectivity index (χ0) is 14.5. The molecule has 1 N–H and O–H groups in total. The van der Waals surface area contributed by atoms with Gasteiger partial charge in [0.05, 0.1) is 17.7 Å². The van der Waals surface area contributed by atoms with Gasteiger partial charge in [0.1, 0.15) is 0 Å². The molecule has 21 heavy (non-hydrogen) atoms. The quantitative estimate of drug-likeness (QED) is 0.526. The van der Waals surface area contributed by atoms with E-state index in [2.05, 4.69) is 30.3 Å². The minimum absolute atomic E-state index is 0.739. The van der Waals surface area contributed by atoms with Crippen molar-refractivity contribution in [1.82, 2.24) is 5.48 Å². The van der Waals surface area contributed by atoms with E-state index in [1.165, 1.54) is 22.8 Å². The molecule has 3 rings (SSSR count). The summed E-state index contributed by atoms with van der Waals surface area (Å²) in [7, 11) is 0. The molecule has 3 aromatic carbocycles. The third-order valence-electron chi connectivity index (χ3n) is 3.17. The van der Waals surface area contributed by atoms with Crippen LogP contribution in [-0.4, -0.2) is 0 Å². The highest BCUT2D eigenvalue weighted by Gasteiger charge is 2.03. The molecule has 0 unspecified atom stereocenters. The van der Waals surface area contributed by atoms with Crippen LogP contribution in [0.5, 0.6) is 0 Å². The lowest BCUT2D eigenvalue weighted by atomic mass is 10.1. The largest absolute Gasteiger partial charge is 0.254 e. The third-order valence-corrected chi connectivity index (χ3v) is 3.87. The molecule has 0 aromatic heterocycles. The molecule has 104 valence electrons. The normalized spacial score (nSPS) is 10.5. The maximum atomic E-state index is 5.51. The molecular formula is C18H15NOS. The van der Waals surface area contributed by atoms with Gasteiger partial charge < -0.3 is 0 Å². The lowest BCUT2D eigenvalue weighted by molar-refractivity contribution is 0.305. The van der Waals surface area contributed by atoms with Gasteiger partial charge in [0, 0.05) is 4.90 Å². The van der Waals surface area contributed by atoms with Gasteiger partial charge in [-0.05, 0) is 22.4 Å². The van der Waals surface area contributed by atoms with E-state index in [-0.39, 0.29) is 0 Å². The van der Waals surface area contributed by atoms with Gasteiger partial charge in [-0.3, -0.25) is 5.48 Å². The average molecular weight is 293 g/mol. The molecule has 2 nitrogen and oxygen atoms in total. The van der Waals surface area contributed by atoms with E-state index in [0.29, 0.717) is 0 Å².